The maximum Gasteiger partial charge on any atom is 0.191 e. The Morgan fingerprint density at radius 1 is 1.00 bits per heavy atom. The summed E-state index contributed by atoms with van der Waals surface area (Å²) in [6, 6.07) is 12.9. The van der Waals surface area contributed by atoms with Crippen molar-refractivity contribution in [3.63, 3.8) is 0 Å². The van der Waals surface area contributed by atoms with Crippen molar-refractivity contribution < 1.29 is 12.8 Å². The second-order valence-electron chi connectivity index (χ2n) is 5.59. The second-order valence-corrected chi connectivity index (χ2v) is 7.61. The summed E-state index contributed by atoms with van der Waals surface area (Å²) >= 11 is 0. The lowest BCUT2D eigenvalue weighted by Gasteiger charge is -2.11. The minimum absolute atomic E-state index is 0. The molecule has 8 heteroatoms. The molecule has 0 aliphatic heterocycles. The third-order valence-electron chi connectivity index (χ3n) is 3.49. The first-order valence-corrected chi connectivity index (χ1v) is 9.83. The number of sulfone groups is 1. The first-order valence-electron chi connectivity index (χ1n) is 7.94. The van der Waals surface area contributed by atoms with E-state index >= 15 is 0 Å². The van der Waals surface area contributed by atoms with Gasteiger partial charge in [-0.3, -0.25) is 0 Å². The molecule has 26 heavy (non-hydrogen) atoms. The average molecular weight is 491 g/mol. The molecule has 2 rings (SSSR count). The largest absolute Gasteiger partial charge is 0.357 e. The highest BCUT2D eigenvalue weighted by molar-refractivity contribution is 14.0. The fourth-order valence-corrected chi connectivity index (χ4v) is 2.77. The lowest BCUT2D eigenvalue weighted by molar-refractivity contribution is 0.602. The molecule has 0 aliphatic rings. The van der Waals surface area contributed by atoms with E-state index < -0.39 is 9.84 Å². The predicted molar refractivity (Wildman–Crippen MR) is 113 cm³/mol. The van der Waals surface area contributed by atoms with Gasteiger partial charge in [0, 0.05) is 19.3 Å². The van der Waals surface area contributed by atoms with E-state index in [1.807, 2.05) is 6.92 Å². The summed E-state index contributed by atoms with van der Waals surface area (Å²) in [7, 11) is -3.19. The van der Waals surface area contributed by atoms with Crippen LogP contribution >= 0.6 is 24.0 Å². The predicted octanol–water partition coefficient (Wildman–Crippen LogP) is 3.10. The van der Waals surface area contributed by atoms with E-state index in [1.54, 1.807) is 36.4 Å². The van der Waals surface area contributed by atoms with Crippen LogP contribution < -0.4 is 10.6 Å². The van der Waals surface area contributed by atoms with Crippen LogP contribution in [-0.2, 0) is 22.9 Å². The summed E-state index contributed by atoms with van der Waals surface area (Å²) < 4.78 is 35.9. The molecular formula is C18H23FIN3O2S. The molecule has 0 bridgehead atoms. The van der Waals surface area contributed by atoms with Gasteiger partial charge in [-0.1, -0.05) is 24.3 Å². The zero-order valence-corrected chi connectivity index (χ0v) is 17.8. The lowest BCUT2D eigenvalue weighted by Crippen LogP contribution is -2.36. The minimum Gasteiger partial charge on any atom is -0.357 e. The van der Waals surface area contributed by atoms with Gasteiger partial charge < -0.3 is 10.6 Å². The molecule has 0 unspecified atom stereocenters. The Morgan fingerprint density at radius 2 is 1.58 bits per heavy atom. The smallest absolute Gasteiger partial charge is 0.191 e. The van der Waals surface area contributed by atoms with Gasteiger partial charge in [0.05, 0.1) is 11.4 Å². The quantitative estimate of drug-likeness (QED) is 0.370. The molecule has 0 atom stereocenters. The molecular weight excluding hydrogens is 468 g/mol. The van der Waals surface area contributed by atoms with Crippen molar-refractivity contribution in [2.75, 3.05) is 12.8 Å². The molecule has 0 saturated heterocycles. The van der Waals surface area contributed by atoms with Crippen LogP contribution in [0.25, 0.3) is 0 Å². The highest BCUT2D eigenvalue weighted by Crippen LogP contribution is 2.11. The van der Waals surface area contributed by atoms with Crippen molar-refractivity contribution in [3.8, 4) is 0 Å². The van der Waals surface area contributed by atoms with Crippen molar-refractivity contribution in [2.24, 2.45) is 4.99 Å². The zero-order valence-electron chi connectivity index (χ0n) is 14.7. The van der Waals surface area contributed by atoms with Gasteiger partial charge in [0.1, 0.15) is 5.82 Å². The van der Waals surface area contributed by atoms with Gasteiger partial charge >= 0.3 is 0 Å². The minimum atomic E-state index is -3.19. The summed E-state index contributed by atoms with van der Waals surface area (Å²) in [6.07, 6.45) is 1.18. The standard InChI is InChI=1S/C18H22FN3O2S.HI/c1-3-20-18(21-12-14-4-8-16(19)9-5-14)22-13-15-6-10-17(11-7-15)25(2,23)24;/h4-11H,3,12-13H2,1-2H3,(H2,20,21,22);1H. The van der Waals surface area contributed by atoms with E-state index in [-0.39, 0.29) is 29.8 Å². The van der Waals surface area contributed by atoms with Crippen LogP contribution in [0.3, 0.4) is 0 Å². The van der Waals surface area contributed by atoms with Crippen LogP contribution in [0.1, 0.15) is 18.1 Å². The first-order chi connectivity index (χ1) is 11.9. The summed E-state index contributed by atoms with van der Waals surface area (Å²) in [5, 5.41) is 6.32. The van der Waals surface area contributed by atoms with Gasteiger partial charge in [0.2, 0.25) is 0 Å². The molecule has 0 spiro atoms. The number of guanidine groups is 1. The third-order valence-corrected chi connectivity index (χ3v) is 4.62. The number of nitrogens with one attached hydrogen (secondary N) is 2. The van der Waals surface area contributed by atoms with Crippen LogP contribution in [0, 0.1) is 5.82 Å². The monoisotopic (exact) mass is 491 g/mol. The van der Waals surface area contributed by atoms with Crippen molar-refractivity contribution in [2.45, 2.75) is 24.9 Å². The van der Waals surface area contributed by atoms with Gasteiger partial charge in [0.15, 0.2) is 15.8 Å². The molecule has 0 heterocycles. The van der Waals surface area contributed by atoms with E-state index in [9.17, 15) is 12.8 Å². The number of benzene rings is 2. The van der Waals surface area contributed by atoms with Crippen molar-refractivity contribution in [1.82, 2.24) is 10.6 Å². The molecule has 5 nitrogen and oxygen atoms in total. The summed E-state index contributed by atoms with van der Waals surface area (Å²) in [5.74, 6) is 0.376. The van der Waals surface area contributed by atoms with Crippen LogP contribution in [0.5, 0.6) is 0 Å². The highest BCUT2D eigenvalue weighted by Gasteiger charge is 2.06. The van der Waals surface area contributed by atoms with E-state index in [4.69, 9.17) is 0 Å². The fraction of sp³-hybridized carbons (Fsp3) is 0.278. The van der Waals surface area contributed by atoms with Crippen LogP contribution in [0.4, 0.5) is 4.39 Å². The normalized spacial score (nSPS) is 11.6. The Hall–Kier alpha value is -1.68. The SMILES string of the molecule is CCNC(=NCc1ccc(S(C)(=O)=O)cc1)NCc1ccc(F)cc1.I. The summed E-state index contributed by atoms with van der Waals surface area (Å²) in [6.45, 7) is 3.63. The second kappa shape index (κ2) is 10.5. The Kier molecular flexibility index (Phi) is 9.00. The van der Waals surface area contributed by atoms with Crippen LogP contribution in [0.15, 0.2) is 58.4 Å². The van der Waals surface area contributed by atoms with Crippen LogP contribution in [-0.4, -0.2) is 27.2 Å². The molecule has 0 aliphatic carbocycles. The number of nitrogens with zero attached hydrogens (tertiary/aromatic N) is 1. The molecule has 0 amide bonds. The first kappa shape index (κ1) is 22.4. The topological polar surface area (TPSA) is 70.6 Å². The number of rotatable bonds is 6. The molecule has 2 aromatic rings. The van der Waals surface area contributed by atoms with E-state index in [2.05, 4.69) is 15.6 Å². The molecule has 142 valence electrons. The van der Waals surface area contributed by atoms with Gasteiger partial charge in [0.25, 0.3) is 0 Å². The Morgan fingerprint density at radius 3 is 2.12 bits per heavy atom. The third kappa shape index (κ3) is 7.28. The molecule has 0 saturated carbocycles. The number of aliphatic imine (C=N–C) groups is 1. The number of halogens is 2. The number of hydrogen-bond acceptors (Lipinski definition) is 3. The average Bonchev–Trinajstić information content (AvgIpc) is 2.58. The maximum atomic E-state index is 12.9. The number of hydrogen-bond donors (Lipinski definition) is 2. The van der Waals surface area contributed by atoms with Gasteiger partial charge in [-0.15, -0.1) is 24.0 Å². The molecule has 2 aromatic carbocycles. The highest BCUT2D eigenvalue weighted by atomic mass is 127. The van der Waals surface area contributed by atoms with E-state index in [1.165, 1.54) is 18.4 Å². The Bertz CT molecular complexity index is 823. The van der Waals surface area contributed by atoms with E-state index in [0.717, 1.165) is 11.1 Å². The van der Waals surface area contributed by atoms with E-state index in [0.29, 0.717) is 30.5 Å². The molecule has 2 N–H and O–H groups in total. The van der Waals surface area contributed by atoms with Crippen molar-refractivity contribution in [3.05, 3.63) is 65.5 Å². The Balaban J connectivity index is 0.00000338. The summed E-state index contributed by atoms with van der Waals surface area (Å²) in [4.78, 5) is 4.77. The summed E-state index contributed by atoms with van der Waals surface area (Å²) in [5.41, 5.74) is 1.86. The lowest BCUT2D eigenvalue weighted by atomic mass is 10.2. The van der Waals surface area contributed by atoms with Crippen molar-refractivity contribution >= 4 is 39.8 Å². The molecule has 0 radical (unpaired) electrons. The van der Waals surface area contributed by atoms with Crippen LogP contribution in [0.2, 0.25) is 0 Å². The Labute approximate surface area is 171 Å². The van der Waals surface area contributed by atoms with Gasteiger partial charge in [-0.05, 0) is 42.3 Å². The van der Waals surface area contributed by atoms with Gasteiger partial charge in [-0.2, -0.15) is 0 Å². The zero-order chi connectivity index (χ0) is 18.3. The fourth-order valence-electron chi connectivity index (χ4n) is 2.14. The molecule has 0 fully saturated rings. The maximum absolute atomic E-state index is 12.9. The van der Waals surface area contributed by atoms with Gasteiger partial charge in [-0.25, -0.2) is 17.8 Å². The van der Waals surface area contributed by atoms with Crippen molar-refractivity contribution in [1.29, 1.82) is 0 Å². The molecule has 0 aromatic heterocycles.